The van der Waals surface area contributed by atoms with Gasteiger partial charge in [-0.2, -0.15) is 0 Å². The van der Waals surface area contributed by atoms with Crippen LogP contribution in [0.2, 0.25) is 0 Å². The molecule has 1 fully saturated rings. The fourth-order valence-electron chi connectivity index (χ4n) is 3.15. The second kappa shape index (κ2) is 9.37. The first-order chi connectivity index (χ1) is 12.6. The maximum atomic E-state index is 12.6. The van der Waals surface area contributed by atoms with Crippen molar-refractivity contribution >= 4 is 11.7 Å². The summed E-state index contributed by atoms with van der Waals surface area (Å²) >= 11 is 0. The molecule has 140 valence electrons. The first-order valence-electron chi connectivity index (χ1n) is 9.65. The molecule has 0 N–H and O–H groups in total. The van der Waals surface area contributed by atoms with Gasteiger partial charge < -0.3 is 9.80 Å². The largest absolute Gasteiger partial charge is 0.353 e. The topological polar surface area (TPSA) is 36.4 Å². The zero-order valence-corrected chi connectivity index (χ0v) is 16.7. The summed E-state index contributed by atoms with van der Waals surface area (Å²) in [6.45, 7) is 13.4. The summed E-state index contributed by atoms with van der Waals surface area (Å²) < 4.78 is 0. The minimum absolute atomic E-state index is 0.126. The van der Waals surface area contributed by atoms with Crippen LogP contribution in [0, 0.1) is 13.8 Å². The van der Waals surface area contributed by atoms with E-state index in [0.29, 0.717) is 0 Å². The standard InChI is InChI=1S/C20H25N3O.C2H6/c1-4-17-13-16(3)19(21-14-17)22-9-11-23(12-10-22)20(24)18-7-5-15(2)6-8-18;1-2/h5-8,13-14H,4,9-12H2,1-3H3;1-2H3. The predicted octanol–water partition coefficient (Wildman–Crippen LogP) is 4.25. The Kier molecular flexibility index (Phi) is 7.19. The van der Waals surface area contributed by atoms with E-state index in [1.807, 2.05) is 56.1 Å². The molecule has 1 amide bonds. The highest BCUT2D eigenvalue weighted by Crippen LogP contribution is 2.20. The number of hydrogen-bond donors (Lipinski definition) is 0. The molecule has 0 bridgehead atoms. The number of aryl methyl sites for hydroxylation is 3. The number of nitrogens with zero attached hydrogens (tertiary/aromatic N) is 3. The summed E-state index contributed by atoms with van der Waals surface area (Å²) in [6, 6.07) is 10.0. The monoisotopic (exact) mass is 353 g/mol. The molecule has 1 aromatic heterocycles. The average molecular weight is 354 g/mol. The normalized spacial score (nSPS) is 13.9. The second-order valence-corrected chi connectivity index (χ2v) is 6.48. The van der Waals surface area contributed by atoms with E-state index in [4.69, 9.17) is 0 Å². The first kappa shape index (κ1) is 20.0. The van der Waals surface area contributed by atoms with Crippen molar-refractivity contribution in [2.75, 3.05) is 31.1 Å². The summed E-state index contributed by atoms with van der Waals surface area (Å²) in [6.07, 6.45) is 2.97. The molecule has 3 rings (SSSR count). The third kappa shape index (κ3) is 4.63. The number of carbonyl (C=O) groups excluding carboxylic acids is 1. The smallest absolute Gasteiger partial charge is 0.253 e. The number of amides is 1. The van der Waals surface area contributed by atoms with Crippen molar-refractivity contribution in [1.29, 1.82) is 0 Å². The Morgan fingerprint density at radius 3 is 2.19 bits per heavy atom. The lowest BCUT2D eigenvalue weighted by molar-refractivity contribution is 0.0746. The van der Waals surface area contributed by atoms with Crippen LogP contribution in [0.4, 0.5) is 5.82 Å². The quantitative estimate of drug-likeness (QED) is 0.828. The summed E-state index contributed by atoms with van der Waals surface area (Å²) in [7, 11) is 0. The van der Waals surface area contributed by atoms with Gasteiger partial charge in [-0.05, 0) is 43.5 Å². The molecule has 0 spiro atoms. The zero-order valence-electron chi connectivity index (χ0n) is 16.7. The van der Waals surface area contributed by atoms with Crippen molar-refractivity contribution in [3.05, 3.63) is 58.8 Å². The number of carbonyl (C=O) groups is 1. The Balaban J connectivity index is 0.00000117. The minimum atomic E-state index is 0.126. The molecule has 1 aliphatic rings. The maximum Gasteiger partial charge on any atom is 0.253 e. The van der Waals surface area contributed by atoms with Gasteiger partial charge in [0.25, 0.3) is 5.91 Å². The van der Waals surface area contributed by atoms with Gasteiger partial charge in [0.1, 0.15) is 5.82 Å². The Morgan fingerprint density at radius 2 is 1.65 bits per heavy atom. The molecule has 4 nitrogen and oxygen atoms in total. The van der Waals surface area contributed by atoms with Crippen LogP contribution >= 0.6 is 0 Å². The van der Waals surface area contributed by atoms with Gasteiger partial charge in [0.05, 0.1) is 0 Å². The van der Waals surface area contributed by atoms with Crippen LogP contribution in [0.3, 0.4) is 0 Å². The molecular weight excluding hydrogens is 322 g/mol. The molecule has 2 aromatic rings. The first-order valence-corrected chi connectivity index (χ1v) is 9.65. The zero-order chi connectivity index (χ0) is 19.1. The van der Waals surface area contributed by atoms with E-state index in [9.17, 15) is 4.79 Å². The Labute approximate surface area is 157 Å². The van der Waals surface area contributed by atoms with Crippen LogP contribution in [-0.4, -0.2) is 42.0 Å². The van der Waals surface area contributed by atoms with Crippen molar-refractivity contribution in [3.63, 3.8) is 0 Å². The Bertz CT molecular complexity index is 717. The molecule has 2 heterocycles. The van der Waals surface area contributed by atoms with E-state index in [-0.39, 0.29) is 5.91 Å². The summed E-state index contributed by atoms with van der Waals surface area (Å²) in [4.78, 5) is 21.5. The van der Waals surface area contributed by atoms with Gasteiger partial charge in [-0.3, -0.25) is 4.79 Å². The molecule has 1 aliphatic heterocycles. The maximum absolute atomic E-state index is 12.6. The fraction of sp³-hybridized carbons (Fsp3) is 0.455. The number of rotatable bonds is 3. The molecule has 1 saturated heterocycles. The number of hydrogen-bond acceptors (Lipinski definition) is 3. The van der Waals surface area contributed by atoms with Gasteiger partial charge in [-0.1, -0.05) is 44.5 Å². The minimum Gasteiger partial charge on any atom is -0.353 e. The third-order valence-electron chi connectivity index (χ3n) is 4.68. The van der Waals surface area contributed by atoms with Gasteiger partial charge in [0.2, 0.25) is 0 Å². The molecule has 4 heteroatoms. The Hall–Kier alpha value is -2.36. The summed E-state index contributed by atoms with van der Waals surface area (Å²) in [5, 5.41) is 0. The fourth-order valence-corrected chi connectivity index (χ4v) is 3.15. The van der Waals surface area contributed by atoms with Crippen LogP contribution in [0.1, 0.15) is 47.8 Å². The molecule has 0 atom stereocenters. The number of aromatic nitrogens is 1. The highest BCUT2D eigenvalue weighted by Gasteiger charge is 2.23. The molecule has 26 heavy (non-hydrogen) atoms. The second-order valence-electron chi connectivity index (χ2n) is 6.48. The van der Waals surface area contributed by atoms with Crippen molar-refractivity contribution in [2.24, 2.45) is 0 Å². The number of piperazine rings is 1. The SMILES string of the molecule is CC.CCc1cnc(N2CCN(C(=O)c3ccc(C)cc3)CC2)c(C)c1. The lowest BCUT2D eigenvalue weighted by Crippen LogP contribution is -2.49. The highest BCUT2D eigenvalue weighted by molar-refractivity contribution is 5.94. The van der Waals surface area contributed by atoms with Crippen molar-refractivity contribution in [3.8, 4) is 0 Å². The Morgan fingerprint density at radius 1 is 1.04 bits per heavy atom. The van der Waals surface area contributed by atoms with Crippen molar-refractivity contribution in [2.45, 2.75) is 41.0 Å². The number of anilines is 1. The highest BCUT2D eigenvalue weighted by atomic mass is 16.2. The van der Waals surface area contributed by atoms with E-state index >= 15 is 0 Å². The molecule has 0 aliphatic carbocycles. The summed E-state index contributed by atoms with van der Waals surface area (Å²) in [5.74, 6) is 1.18. The van der Waals surface area contributed by atoms with Crippen LogP contribution in [0.25, 0.3) is 0 Å². The van der Waals surface area contributed by atoms with Gasteiger partial charge in [0.15, 0.2) is 0 Å². The van der Waals surface area contributed by atoms with E-state index in [1.54, 1.807) is 0 Å². The molecule has 1 aromatic carbocycles. The van der Waals surface area contributed by atoms with Crippen LogP contribution < -0.4 is 4.90 Å². The van der Waals surface area contributed by atoms with Crippen molar-refractivity contribution < 1.29 is 4.79 Å². The predicted molar refractivity (Wildman–Crippen MR) is 109 cm³/mol. The lowest BCUT2D eigenvalue weighted by atomic mass is 10.1. The molecule has 0 unspecified atom stereocenters. The van der Waals surface area contributed by atoms with Gasteiger partial charge in [-0.25, -0.2) is 4.98 Å². The van der Waals surface area contributed by atoms with Crippen LogP contribution in [0.5, 0.6) is 0 Å². The van der Waals surface area contributed by atoms with E-state index in [0.717, 1.165) is 44.0 Å². The van der Waals surface area contributed by atoms with Crippen molar-refractivity contribution in [1.82, 2.24) is 9.88 Å². The number of benzene rings is 1. The van der Waals surface area contributed by atoms with Gasteiger partial charge in [0, 0.05) is 37.9 Å². The van der Waals surface area contributed by atoms with Gasteiger partial charge in [-0.15, -0.1) is 0 Å². The van der Waals surface area contributed by atoms with E-state index < -0.39 is 0 Å². The molecule has 0 radical (unpaired) electrons. The third-order valence-corrected chi connectivity index (χ3v) is 4.68. The lowest BCUT2D eigenvalue weighted by Gasteiger charge is -2.36. The van der Waals surface area contributed by atoms with E-state index in [1.165, 1.54) is 16.7 Å². The van der Waals surface area contributed by atoms with Crippen LogP contribution in [-0.2, 0) is 6.42 Å². The number of pyridine rings is 1. The molecular formula is C22H31N3O. The van der Waals surface area contributed by atoms with E-state index in [2.05, 4.69) is 29.8 Å². The summed E-state index contributed by atoms with van der Waals surface area (Å²) in [5.41, 5.74) is 4.43. The van der Waals surface area contributed by atoms with Crippen LogP contribution in [0.15, 0.2) is 36.5 Å². The average Bonchev–Trinajstić information content (AvgIpc) is 2.69. The van der Waals surface area contributed by atoms with Gasteiger partial charge >= 0.3 is 0 Å². The molecule has 0 saturated carbocycles.